The zero-order chi connectivity index (χ0) is 13.8. The lowest BCUT2D eigenvalue weighted by atomic mass is 9.95. The van der Waals surface area contributed by atoms with Crippen LogP contribution in [0.15, 0.2) is 30.5 Å². The van der Waals surface area contributed by atoms with E-state index in [1.807, 2.05) is 17.9 Å². The predicted octanol–water partition coefficient (Wildman–Crippen LogP) is 2.17. The number of benzene rings is 1. The van der Waals surface area contributed by atoms with Gasteiger partial charge in [-0.15, -0.1) is 0 Å². The second kappa shape index (κ2) is 5.99. The van der Waals surface area contributed by atoms with Gasteiger partial charge in [-0.3, -0.25) is 16.0 Å². The molecule has 0 radical (unpaired) electrons. The third-order valence-electron chi connectivity index (χ3n) is 3.62. The SMILES string of the molecule is Cc1ccc(C)c(C(CCc2ccnn2C)NN)c1. The molecule has 0 spiro atoms. The van der Waals surface area contributed by atoms with Gasteiger partial charge in [0.05, 0.1) is 0 Å². The molecule has 4 nitrogen and oxygen atoms in total. The van der Waals surface area contributed by atoms with Crippen molar-refractivity contribution in [3.63, 3.8) is 0 Å². The van der Waals surface area contributed by atoms with Crippen molar-refractivity contribution < 1.29 is 0 Å². The van der Waals surface area contributed by atoms with Gasteiger partial charge >= 0.3 is 0 Å². The van der Waals surface area contributed by atoms with Crippen LogP contribution in [0.1, 0.15) is 34.8 Å². The van der Waals surface area contributed by atoms with Gasteiger partial charge in [-0.2, -0.15) is 5.10 Å². The first kappa shape index (κ1) is 13.8. The molecule has 0 aliphatic rings. The van der Waals surface area contributed by atoms with E-state index in [1.165, 1.54) is 22.4 Å². The number of rotatable bonds is 5. The van der Waals surface area contributed by atoms with Gasteiger partial charge in [0.2, 0.25) is 0 Å². The van der Waals surface area contributed by atoms with E-state index in [1.54, 1.807) is 0 Å². The zero-order valence-corrected chi connectivity index (χ0v) is 11.9. The summed E-state index contributed by atoms with van der Waals surface area (Å²) in [6.45, 7) is 4.24. The van der Waals surface area contributed by atoms with Gasteiger partial charge in [-0.25, -0.2) is 0 Å². The maximum Gasteiger partial charge on any atom is 0.0492 e. The minimum Gasteiger partial charge on any atom is -0.273 e. The van der Waals surface area contributed by atoms with Crippen LogP contribution in [0.3, 0.4) is 0 Å². The number of hydrogen-bond donors (Lipinski definition) is 2. The Morgan fingerprint density at radius 1 is 1.32 bits per heavy atom. The van der Waals surface area contributed by atoms with Crippen LogP contribution in [-0.4, -0.2) is 9.78 Å². The third-order valence-corrected chi connectivity index (χ3v) is 3.62. The second-order valence-electron chi connectivity index (χ2n) is 5.06. The molecule has 2 rings (SSSR count). The molecule has 0 amide bonds. The third kappa shape index (κ3) is 3.22. The number of nitrogens with two attached hydrogens (primary N) is 1. The molecule has 3 N–H and O–H groups in total. The highest BCUT2D eigenvalue weighted by Crippen LogP contribution is 2.23. The highest BCUT2D eigenvalue weighted by molar-refractivity contribution is 5.33. The standard InChI is InChI=1S/C15H22N4/c1-11-4-5-12(2)14(10-11)15(18-16)7-6-13-8-9-17-19(13)3/h4-5,8-10,15,18H,6-7,16H2,1-3H3. The van der Waals surface area contributed by atoms with Crippen LogP contribution in [0.5, 0.6) is 0 Å². The first-order valence-electron chi connectivity index (χ1n) is 6.62. The summed E-state index contributed by atoms with van der Waals surface area (Å²) in [5, 5.41) is 4.19. The van der Waals surface area contributed by atoms with Crippen molar-refractivity contribution in [2.75, 3.05) is 0 Å². The predicted molar refractivity (Wildman–Crippen MR) is 77.5 cm³/mol. The van der Waals surface area contributed by atoms with Crippen LogP contribution >= 0.6 is 0 Å². The summed E-state index contributed by atoms with van der Waals surface area (Å²) in [6, 6.07) is 8.72. The van der Waals surface area contributed by atoms with Crippen LogP contribution in [-0.2, 0) is 13.5 Å². The Morgan fingerprint density at radius 2 is 2.11 bits per heavy atom. The molecule has 1 heterocycles. The van der Waals surface area contributed by atoms with Crippen LogP contribution in [0.2, 0.25) is 0 Å². The molecule has 102 valence electrons. The normalized spacial score (nSPS) is 12.6. The molecule has 0 aliphatic heterocycles. The summed E-state index contributed by atoms with van der Waals surface area (Å²) in [5.74, 6) is 5.73. The molecule has 0 bridgehead atoms. The van der Waals surface area contributed by atoms with Crippen LogP contribution in [0.4, 0.5) is 0 Å². The summed E-state index contributed by atoms with van der Waals surface area (Å²) in [7, 11) is 1.97. The molecule has 19 heavy (non-hydrogen) atoms. The number of nitrogens with one attached hydrogen (secondary N) is 1. The van der Waals surface area contributed by atoms with E-state index < -0.39 is 0 Å². The molecule has 0 fully saturated rings. The first-order chi connectivity index (χ1) is 9.11. The van der Waals surface area contributed by atoms with Gasteiger partial charge in [0.25, 0.3) is 0 Å². The van der Waals surface area contributed by atoms with Crippen LogP contribution in [0.25, 0.3) is 0 Å². The maximum atomic E-state index is 5.73. The Morgan fingerprint density at radius 3 is 2.74 bits per heavy atom. The summed E-state index contributed by atoms with van der Waals surface area (Å²) in [6.07, 6.45) is 3.75. The van der Waals surface area contributed by atoms with Crippen LogP contribution < -0.4 is 11.3 Å². The Balaban J connectivity index is 2.12. The van der Waals surface area contributed by atoms with Crippen molar-refractivity contribution in [2.45, 2.75) is 32.7 Å². The van der Waals surface area contributed by atoms with E-state index in [0.717, 1.165) is 12.8 Å². The van der Waals surface area contributed by atoms with E-state index in [9.17, 15) is 0 Å². The minimum atomic E-state index is 0.176. The number of aryl methyl sites for hydroxylation is 4. The average Bonchev–Trinajstić information content (AvgIpc) is 2.80. The smallest absolute Gasteiger partial charge is 0.0492 e. The van der Waals surface area contributed by atoms with E-state index in [0.29, 0.717) is 0 Å². The number of aromatic nitrogens is 2. The molecule has 1 aromatic carbocycles. The van der Waals surface area contributed by atoms with Crippen LogP contribution in [0, 0.1) is 13.8 Å². The quantitative estimate of drug-likeness (QED) is 0.638. The Labute approximate surface area is 114 Å². The Kier molecular flexibility index (Phi) is 4.35. The summed E-state index contributed by atoms with van der Waals surface area (Å²) in [4.78, 5) is 0. The van der Waals surface area contributed by atoms with Crippen molar-refractivity contribution in [1.29, 1.82) is 0 Å². The first-order valence-corrected chi connectivity index (χ1v) is 6.62. The van der Waals surface area contributed by atoms with Gasteiger partial charge in [0.15, 0.2) is 0 Å². The fraction of sp³-hybridized carbons (Fsp3) is 0.400. The van der Waals surface area contributed by atoms with Crippen molar-refractivity contribution in [3.8, 4) is 0 Å². The Bertz CT molecular complexity index is 545. The van der Waals surface area contributed by atoms with Gasteiger partial charge in [0, 0.05) is 25.0 Å². The molecular weight excluding hydrogens is 236 g/mol. The highest BCUT2D eigenvalue weighted by atomic mass is 15.3. The number of hydrazine groups is 1. The lowest BCUT2D eigenvalue weighted by Crippen LogP contribution is -2.29. The molecule has 0 aliphatic carbocycles. The number of hydrogen-bond acceptors (Lipinski definition) is 3. The largest absolute Gasteiger partial charge is 0.273 e. The molecular formula is C15H22N4. The molecule has 1 aromatic heterocycles. The fourth-order valence-electron chi connectivity index (χ4n) is 2.40. The molecule has 4 heteroatoms. The van der Waals surface area contributed by atoms with Gasteiger partial charge in [-0.1, -0.05) is 23.8 Å². The van der Waals surface area contributed by atoms with Gasteiger partial charge < -0.3 is 0 Å². The summed E-state index contributed by atoms with van der Waals surface area (Å²) in [5.41, 5.74) is 7.99. The van der Waals surface area contributed by atoms with Crippen molar-refractivity contribution in [1.82, 2.24) is 15.2 Å². The minimum absolute atomic E-state index is 0.176. The zero-order valence-electron chi connectivity index (χ0n) is 11.9. The van der Waals surface area contributed by atoms with Crippen molar-refractivity contribution >= 4 is 0 Å². The second-order valence-corrected chi connectivity index (χ2v) is 5.06. The number of nitrogens with zero attached hydrogens (tertiary/aromatic N) is 2. The van der Waals surface area contributed by atoms with Crippen molar-refractivity contribution in [3.05, 3.63) is 52.8 Å². The molecule has 1 unspecified atom stereocenters. The summed E-state index contributed by atoms with van der Waals surface area (Å²) < 4.78 is 1.91. The average molecular weight is 258 g/mol. The maximum absolute atomic E-state index is 5.73. The lowest BCUT2D eigenvalue weighted by molar-refractivity contribution is 0.504. The van der Waals surface area contributed by atoms with E-state index in [2.05, 4.69) is 48.6 Å². The monoisotopic (exact) mass is 258 g/mol. The topological polar surface area (TPSA) is 55.9 Å². The van der Waals surface area contributed by atoms with Gasteiger partial charge in [0.1, 0.15) is 0 Å². The molecule has 0 saturated heterocycles. The van der Waals surface area contributed by atoms with E-state index in [4.69, 9.17) is 5.84 Å². The van der Waals surface area contributed by atoms with Gasteiger partial charge in [-0.05, 0) is 43.9 Å². The molecule has 1 atom stereocenters. The highest BCUT2D eigenvalue weighted by Gasteiger charge is 2.13. The summed E-state index contributed by atoms with van der Waals surface area (Å²) >= 11 is 0. The molecule has 0 saturated carbocycles. The molecule has 2 aromatic rings. The lowest BCUT2D eigenvalue weighted by Gasteiger charge is -2.19. The van der Waals surface area contributed by atoms with Crippen molar-refractivity contribution in [2.24, 2.45) is 12.9 Å². The fourth-order valence-corrected chi connectivity index (χ4v) is 2.40. The van der Waals surface area contributed by atoms with E-state index >= 15 is 0 Å². The van der Waals surface area contributed by atoms with E-state index in [-0.39, 0.29) is 6.04 Å². The Hall–Kier alpha value is -1.65.